The van der Waals surface area contributed by atoms with Gasteiger partial charge in [0.1, 0.15) is 5.71 Å². The molecule has 2 aliphatic rings. The highest BCUT2D eigenvalue weighted by Crippen LogP contribution is 2.47. The van der Waals surface area contributed by atoms with Crippen LogP contribution in [0, 0.1) is 28.1 Å². The van der Waals surface area contributed by atoms with Gasteiger partial charge >= 0.3 is 6.09 Å². The zero-order chi connectivity index (χ0) is 25.2. The minimum atomic E-state index is -1.04. The zero-order valence-corrected chi connectivity index (χ0v) is 20.9. The van der Waals surface area contributed by atoms with E-state index in [9.17, 15) is 20.1 Å². The van der Waals surface area contributed by atoms with Crippen LogP contribution in [0.15, 0.2) is 38.4 Å². The van der Waals surface area contributed by atoms with E-state index in [2.05, 4.69) is 49.1 Å². The molecule has 0 unspecified atom stereocenters. The fourth-order valence-electron chi connectivity index (χ4n) is 4.66. The lowest BCUT2D eigenvalue weighted by Gasteiger charge is -2.45. The fraction of sp³-hybridized carbons (Fsp3) is 0.391. The number of halogens is 2. The summed E-state index contributed by atoms with van der Waals surface area (Å²) in [6, 6.07) is 10.6. The second kappa shape index (κ2) is 9.68. The maximum Gasteiger partial charge on any atom is 0.428 e. The molecule has 10 nitrogen and oxygen atoms in total. The van der Waals surface area contributed by atoms with Gasteiger partial charge in [-0.05, 0) is 57.2 Å². The van der Waals surface area contributed by atoms with Gasteiger partial charge in [0.05, 0.1) is 23.1 Å². The van der Waals surface area contributed by atoms with Crippen molar-refractivity contribution in [2.75, 3.05) is 0 Å². The van der Waals surface area contributed by atoms with Crippen LogP contribution in [-0.4, -0.2) is 34.5 Å². The summed E-state index contributed by atoms with van der Waals surface area (Å²) in [6.45, 7) is 1.81. The predicted octanol–water partition coefficient (Wildman–Crippen LogP) is 4.44. The van der Waals surface area contributed by atoms with Crippen LogP contribution in [0.25, 0.3) is 0 Å². The summed E-state index contributed by atoms with van der Waals surface area (Å²) in [6.07, 6.45) is 1.26. The lowest BCUT2D eigenvalue weighted by atomic mass is 9.65. The first-order valence-electron chi connectivity index (χ1n) is 10.8. The average Bonchev–Trinajstić information content (AvgIpc) is 3.28. The zero-order valence-electron chi connectivity index (χ0n) is 18.6. The van der Waals surface area contributed by atoms with Gasteiger partial charge in [-0.3, -0.25) is 4.79 Å². The Hall–Kier alpha value is -3.41. The van der Waals surface area contributed by atoms with Crippen LogP contribution in [0.2, 0.25) is 5.15 Å². The summed E-state index contributed by atoms with van der Waals surface area (Å²) in [5, 5.41) is 30.1. The van der Waals surface area contributed by atoms with E-state index < -0.39 is 23.0 Å². The van der Waals surface area contributed by atoms with Gasteiger partial charge in [-0.1, -0.05) is 32.7 Å². The maximum absolute atomic E-state index is 12.4. The first-order valence-corrected chi connectivity index (χ1v) is 12.0. The molecule has 0 radical (unpaired) electrons. The normalized spacial score (nSPS) is 24.4. The number of nitrogens with one attached hydrogen (secondary N) is 2. The van der Waals surface area contributed by atoms with E-state index in [4.69, 9.17) is 20.9 Å². The van der Waals surface area contributed by atoms with Crippen LogP contribution in [0.3, 0.4) is 0 Å². The minimum absolute atomic E-state index is 0.0110. The molecule has 0 saturated heterocycles. The van der Waals surface area contributed by atoms with Crippen molar-refractivity contribution >= 4 is 45.2 Å². The molecule has 1 fully saturated rings. The van der Waals surface area contributed by atoms with Gasteiger partial charge in [-0.2, -0.15) is 15.6 Å². The molecule has 35 heavy (non-hydrogen) atoms. The molecule has 1 aromatic heterocycles. The second-order valence-electron chi connectivity index (χ2n) is 8.75. The highest BCUT2D eigenvalue weighted by atomic mass is 79.9. The average molecular weight is 560 g/mol. The number of carbonyl (C=O) groups is 2. The molecule has 12 heteroatoms. The maximum atomic E-state index is 12.4. The van der Waals surface area contributed by atoms with Crippen molar-refractivity contribution in [1.29, 1.82) is 10.5 Å². The third-order valence-corrected chi connectivity index (χ3v) is 7.23. The molecule has 1 aliphatic carbocycles. The quantitative estimate of drug-likeness (QED) is 0.549. The number of aromatic nitrogens is 1. The van der Waals surface area contributed by atoms with Gasteiger partial charge in [0.15, 0.2) is 10.8 Å². The molecule has 2 N–H and O–H groups in total. The predicted molar refractivity (Wildman–Crippen MR) is 127 cm³/mol. The third-order valence-electron chi connectivity index (χ3n) is 6.36. The van der Waals surface area contributed by atoms with Crippen LogP contribution >= 0.6 is 27.5 Å². The highest BCUT2D eigenvalue weighted by molar-refractivity contribution is 9.10. The molecule has 180 valence electrons. The summed E-state index contributed by atoms with van der Waals surface area (Å²) in [7, 11) is 0. The second-order valence-corrected chi connectivity index (χ2v) is 9.99. The number of nitriles is 2. The van der Waals surface area contributed by atoms with E-state index in [0.717, 1.165) is 0 Å². The Morgan fingerprint density at radius 3 is 2.69 bits per heavy atom. The number of rotatable bonds is 5. The molecule has 4 rings (SSSR count). The van der Waals surface area contributed by atoms with Gasteiger partial charge in [-0.25, -0.2) is 10.2 Å². The van der Waals surface area contributed by atoms with E-state index >= 15 is 0 Å². The molecule has 1 saturated carbocycles. The minimum Gasteiger partial charge on any atom is -0.435 e. The van der Waals surface area contributed by atoms with Crippen molar-refractivity contribution in [2.24, 2.45) is 10.5 Å². The van der Waals surface area contributed by atoms with Crippen molar-refractivity contribution in [2.45, 2.75) is 50.7 Å². The summed E-state index contributed by atoms with van der Waals surface area (Å²) in [5.74, 6) is -0.482. The Morgan fingerprint density at radius 1 is 1.31 bits per heavy atom. The third kappa shape index (κ3) is 5.02. The Kier molecular flexibility index (Phi) is 6.84. The molecule has 1 aliphatic heterocycles. The summed E-state index contributed by atoms with van der Waals surface area (Å²) in [4.78, 5) is 24.5. The Bertz CT molecular complexity index is 1290. The molecule has 1 spiro atoms. The first kappa shape index (κ1) is 24.7. The number of amides is 2. The topological polar surface area (TPSA) is 153 Å². The number of ether oxygens (including phenoxy) is 1. The lowest BCUT2D eigenvalue weighted by molar-refractivity contribution is 0.00351. The SMILES string of the molecule is C[C@@H](CC1(C#N)CCC2(CC1)OC(=O)NN=C2c1cc(C#N)ccc1Br)NC(=O)c1cc(Cl)no1. The van der Waals surface area contributed by atoms with Crippen molar-refractivity contribution < 1.29 is 18.8 Å². The van der Waals surface area contributed by atoms with E-state index in [0.29, 0.717) is 53.4 Å². The van der Waals surface area contributed by atoms with Crippen molar-refractivity contribution in [1.82, 2.24) is 15.9 Å². The summed E-state index contributed by atoms with van der Waals surface area (Å²) < 4.78 is 11.4. The van der Waals surface area contributed by atoms with E-state index in [-0.39, 0.29) is 17.0 Å². The Morgan fingerprint density at radius 2 is 2.06 bits per heavy atom. The van der Waals surface area contributed by atoms with Gasteiger partial charge in [0, 0.05) is 22.1 Å². The number of hydrazone groups is 1. The molecule has 1 atom stereocenters. The van der Waals surface area contributed by atoms with Crippen LogP contribution < -0.4 is 10.7 Å². The molecule has 2 heterocycles. The van der Waals surface area contributed by atoms with Gasteiger partial charge in [0.25, 0.3) is 5.91 Å². The highest BCUT2D eigenvalue weighted by Gasteiger charge is 2.51. The van der Waals surface area contributed by atoms with Crippen LogP contribution in [0.5, 0.6) is 0 Å². The van der Waals surface area contributed by atoms with Crippen molar-refractivity contribution in [3.8, 4) is 12.1 Å². The molecule has 1 aromatic carbocycles. The van der Waals surface area contributed by atoms with E-state index in [1.807, 2.05) is 0 Å². The largest absolute Gasteiger partial charge is 0.435 e. The van der Waals surface area contributed by atoms with Gasteiger partial charge in [0.2, 0.25) is 5.76 Å². The number of carbonyl (C=O) groups excluding carboxylic acids is 2. The van der Waals surface area contributed by atoms with Crippen LogP contribution in [0.4, 0.5) is 4.79 Å². The van der Waals surface area contributed by atoms with E-state index in [1.165, 1.54) is 6.07 Å². The molecular formula is C23H20BrClN6O4. The fourth-order valence-corrected chi connectivity index (χ4v) is 5.23. The molecular weight excluding hydrogens is 540 g/mol. The smallest absolute Gasteiger partial charge is 0.428 e. The first-order chi connectivity index (χ1) is 16.7. The number of benzene rings is 1. The number of hydrogen-bond acceptors (Lipinski definition) is 8. The standard InChI is InChI=1S/C23H20BrClN6O4/c1-13(28-20(32)17-9-18(25)31-35-17)10-22(12-27)4-6-23(7-5-22)19(29-30-21(33)34-23)15-8-14(11-26)2-3-16(15)24/h2-3,8-9,13H,4-7,10H2,1H3,(H,28,32)(H,30,33)/t13-,22?,23?/m0/s1. The Labute approximate surface area is 214 Å². The Balaban J connectivity index is 1.52. The van der Waals surface area contributed by atoms with Gasteiger partial charge < -0.3 is 14.6 Å². The van der Waals surface area contributed by atoms with Crippen LogP contribution in [0.1, 0.15) is 60.7 Å². The van der Waals surface area contributed by atoms with E-state index in [1.54, 1.807) is 25.1 Å². The van der Waals surface area contributed by atoms with Crippen molar-refractivity contribution in [3.63, 3.8) is 0 Å². The lowest BCUT2D eigenvalue weighted by Crippen LogP contribution is -2.54. The number of nitrogens with zero attached hydrogens (tertiary/aromatic N) is 4. The van der Waals surface area contributed by atoms with Crippen molar-refractivity contribution in [3.05, 3.63) is 50.8 Å². The number of hydrogen-bond donors (Lipinski definition) is 2. The van der Waals surface area contributed by atoms with Gasteiger partial charge in [-0.15, -0.1) is 0 Å². The molecule has 2 aromatic rings. The molecule has 2 amide bonds. The summed E-state index contributed by atoms with van der Waals surface area (Å²) in [5.41, 5.74) is 2.15. The summed E-state index contributed by atoms with van der Waals surface area (Å²) >= 11 is 9.21. The van der Waals surface area contributed by atoms with Crippen LogP contribution in [-0.2, 0) is 4.74 Å². The monoisotopic (exact) mass is 558 g/mol. The molecule has 0 bridgehead atoms.